The van der Waals surface area contributed by atoms with E-state index >= 15 is 0 Å². The molecule has 5 aromatic rings. The average molecular weight is 591 g/mol. The number of hydrogen-bond donors (Lipinski definition) is 6. The number of fused-ring (bicyclic) bond motifs is 2. The zero-order chi connectivity index (χ0) is 30.4. The van der Waals surface area contributed by atoms with Gasteiger partial charge in [0, 0.05) is 23.9 Å². The molecule has 12 nitrogen and oxygen atoms in total. The number of hydrazine groups is 2. The number of carbonyl (C=O) groups is 2. The number of alkyl halides is 3. The lowest BCUT2D eigenvalue weighted by Crippen LogP contribution is -2.39. The summed E-state index contributed by atoms with van der Waals surface area (Å²) >= 11 is 0. The van der Waals surface area contributed by atoms with Gasteiger partial charge in [0.15, 0.2) is 11.6 Å². The normalized spacial score (nSPS) is 11.2. The summed E-state index contributed by atoms with van der Waals surface area (Å²) in [5, 5.41) is 6.41. The van der Waals surface area contributed by atoms with E-state index in [1.165, 1.54) is 12.1 Å². The number of anilines is 2. The lowest BCUT2D eigenvalue weighted by Gasteiger charge is -2.13. The number of rotatable bonds is 8. The Kier molecular flexibility index (Phi) is 8.32. The molecule has 0 aliphatic rings. The third-order valence-corrected chi connectivity index (χ3v) is 6.09. The zero-order valence-electron chi connectivity index (χ0n) is 22.6. The number of amides is 4. The Morgan fingerprint density at radius 2 is 1.12 bits per heavy atom. The third kappa shape index (κ3) is 7.32. The van der Waals surface area contributed by atoms with Crippen LogP contribution in [-0.2, 0) is 19.3 Å². The van der Waals surface area contributed by atoms with Crippen molar-refractivity contribution < 1.29 is 22.8 Å². The van der Waals surface area contributed by atoms with Crippen molar-refractivity contribution in [2.45, 2.75) is 26.2 Å². The Bertz CT molecular complexity index is 1780. The van der Waals surface area contributed by atoms with E-state index in [-0.39, 0.29) is 24.4 Å². The fourth-order valence-corrected chi connectivity index (χ4v) is 4.05. The number of halogens is 3. The number of nitrogens with one attached hydrogen (secondary N) is 6. The van der Waals surface area contributed by atoms with E-state index in [1.54, 1.807) is 43.3 Å². The number of hydrogen-bond acceptors (Lipinski definition) is 8. The first-order chi connectivity index (χ1) is 20.7. The smallest absolute Gasteiger partial charge is 0.333 e. The summed E-state index contributed by atoms with van der Waals surface area (Å²) in [5.41, 5.74) is 12.5. The Hall–Kier alpha value is -5.73. The van der Waals surface area contributed by atoms with Gasteiger partial charge in [-0.3, -0.25) is 21.7 Å². The number of aromatic nitrogens is 4. The summed E-state index contributed by atoms with van der Waals surface area (Å²) < 4.78 is 39.6. The molecule has 4 amide bonds. The van der Waals surface area contributed by atoms with Crippen molar-refractivity contribution >= 4 is 45.5 Å². The van der Waals surface area contributed by atoms with Crippen molar-refractivity contribution in [3.63, 3.8) is 0 Å². The fraction of sp³-hybridized carbons (Fsp3) is 0.143. The third-order valence-electron chi connectivity index (χ3n) is 6.09. The first-order valence-corrected chi connectivity index (χ1v) is 12.9. The van der Waals surface area contributed by atoms with Crippen LogP contribution >= 0.6 is 0 Å². The molecule has 0 fully saturated rings. The Morgan fingerprint density at radius 3 is 1.63 bits per heavy atom. The van der Waals surface area contributed by atoms with Crippen LogP contribution < -0.4 is 32.3 Å². The largest absolute Gasteiger partial charge is 0.451 e. The molecule has 0 saturated carbocycles. The summed E-state index contributed by atoms with van der Waals surface area (Å²) in [6.07, 6.45) is -4.75. The fourth-order valence-electron chi connectivity index (χ4n) is 4.05. The minimum Gasteiger partial charge on any atom is -0.333 e. The number of nitrogens with zero attached hydrogens (tertiary/aromatic N) is 4. The molecular weight excluding hydrogens is 565 g/mol. The molecule has 15 heteroatoms. The minimum atomic E-state index is -4.75. The predicted molar refractivity (Wildman–Crippen MR) is 153 cm³/mol. The van der Waals surface area contributed by atoms with E-state index in [9.17, 15) is 22.8 Å². The molecule has 0 aliphatic carbocycles. The molecule has 3 aromatic carbocycles. The Balaban J connectivity index is 1.08. The number of aryl methyl sites for hydroxylation is 1. The minimum absolute atomic E-state index is 0.0762. The lowest BCUT2D eigenvalue weighted by molar-refractivity contribution is -0.144. The van der Waals surface area contributed by atoms with Crippen molar-refractivity contribution in [3.8, 4) is 0 Å². The van der Waals surface area contributed by atoms with Crippen LogP contribution in [-0.4, -0.2) is 32.0 Å². The first kappa shape index (κ1) is 28.8. The molecule has 5 rings (SSSR count). The van der Waals surface area contributed by atoms with Gasteiger partial charge >= 0.3 is 18.2 Å². The number of urea groups is 2. The summed E-state index contributed by atoms with van der Waals surface area (Å²) in [6.45, 7) is 2.14. The highest BCUT2D eigenvalue weighted by Crippen LogP contribution is 2.30. The maximum absolute atomic E-state index is 13.2. The number of benzene rings is 3. The molecule has 0 spiro atoms. The zero-order valence-corrected chi connectivity index (χ0v) is 22.6. The van der Waals surface area contributed by atoms with Crippen LogP contribution in [0.25, 0.3) is 21.8 Å². The van der Waals surface area contributed by atoms with Gasteiger partial charge in [-0.1, -0.05) is 48.5 Å². The standard InChI is InChI=1S/C28H25F3N10O2/c1-16-34-21-8-4-2-6-19(21)23(35-16)38-40-26(42)32-14-17-10-12-18(13-11-17)15-33-27(43)41-39-24-20-7-3-5-9-22(20)36-25(37-24)28(29,30)31/h2-13H,14-15H2,1H3,(H2,32,40,42)(H2,33,41,43)(H,34,35,38)(H,36,37,39). The van der Waals surface area contributed by atoms with E-state index in [2.05, 4.69) is 52.3 Å². The summed E-state index contributed by atoms with van der Waals surface area (Å²) in [6, 6.07) is 19.5. The van der Waals surface area contributed by atoms with E-state index in [0.717, 1.165) is 22.0 Å². The van der Waals surface area contributed by atoms with Gasteiger partial charge in [-0.15, -0.1) is 0 Å². The number of para-hydroxylation sites is 2. The van der Waals surface area contributed by atoms with Crippen LogP contribution in [0, 0.1) is 6.92 Å². The highest BCUT2D eigenvalue weighted by molar-refractivity contribution is 5.90. The van der Waals surface area contributed by atoms with Crippen LogP contribution in [0.4, 0.5) is 34.4 Å². The molecule has 0 bridgehead atoms. The van der Waals surface area contributed by atoms with Gasteiger partial charge in [-0.2, -0.15) is 13.2 Å². The molecular formula is C28H25F3N10O2. The maximum Gasteiger partial charge on any atom is 0.451 e. The second kappa shape index (κ2) is 12.4. The molecule has 0 unspecified atom stereocenters. The maximum atomic E-state index is 13.2. The van der Waals surface area contributed by atoms with Gasteiger partial charge in [0.25, 0.3) is 0 Å². The summed E-state index contributed by atoms with van der Waals surface area (Å²) in [4.78, 5) is 40.3. The van der Waals surface area contributed by atoms with E-state index in [4.69, 9.17) is 0 Å². The lowest BCUT2D eigenvalue weighted by atomic mass is 10.1. The summed E-state index contributed by atoms with van der Waals surface area (Å²) in [5.74, 6) is -0.477. The summed E-state index contributed by atoms with van der Waals surface area (Å²) in [7, 11) is 0. The molecule has 0 radical (unpaired) electrons. The highest BCUT2D eigenvalue weighted by Gasteiger charge is 2.35. The average Bonchev–Trinajstić information content (AvgIpc) is 3.00. The predicted octanol–water partition coefficient (Wildman–Crippen LogP) is 4.55. The second-order valence-corrected chi connectivity index (χ2v) is 9.23. The van der Waals surface area contributed by atoms with E-state index in [0.29, 0.717) is 17.0 Å². The Labute approximate surface area is 242 Å². The van der Waals surface area contributed by atoms with Gasteiger partial charge in [-0.25, -0.2) is 29.5 Å². The van der Waals surface area contributed by atoms with Gasteiger partial charge in [0.05, 0.1) is 11.0 Å². The van der Waals surface area contributed by atoms with Crippen molar-refractivity contribution in [1.29, 1.82) is 0 Å². The van der Waals surface area contributed by atoms with E-state index < -0.39 is 24.1 Å². The molecule has 0 aliphatic heterocycles. The molecule has 6 N–H and O–H groups in total. The van der Waals surface area contributed by atoms with Crippen molar-refractivity contribution in [2.24, 2.45) is 0 Å². The molecule has 220 valence electrons. The Morgan fingerprint density at radius 1 is 0.651 bits per heavy atom. The van der Waals surface area contributed by atoms with Gasteiger partial charge < -0.3 is 10.6 Å². The van der Waals surface area contributed by atoms with Crippen molar-refractivity contribution in [1.82, 2.24) is 41.4 Å². The molecule has 0 saturated heterocycles. The highest BCUT2D eigenvalue weighted by atomic mass is 19.4. The van der Waals surface area contributed by atoms with Crippen LogP contribution in [0.2, 0.25) is 0 Å². The van der Waals surface area contributed by atoms with E-state index in [1.807, 2.05) is 24.3 Å². The number of carbonyl (C=O) groups excluding carboxylic acids is 2. The second-order valence-electron chi connectivity index (χ2n) is 9.23. The van der Waals surface area contributed by atoms with Crippen LogP contribution in [0.15, 0.2) is 72.8 Å². The first-order valence-electron chi connectivity index (χ1n) is 12.9. The van der Waals surface area contributed by atoms with Gasteiger partial charge in [0.1, 0.15) is 5.82 Å². The topological polar surface area (TPSA) is 158 Å². The quantitative estimate of drug-likeness (QED) is 0.144. The SMILES string of the molecule is Cc1nc(NNC(=O)NCc2ccc(CNC(=O)NNc3nc(C(F)(F)F)nc4ccccc34)cc2)c2ccccc2n1. The van der Waals surface area contributed by atoms with Gasteiger partial charge in [0.2, 0.25) is 5.82 Å². The van der Waals surface area contributed by atoms with Gasteiger partial charge in [-0.05, 0) is 42.3 Å². The monoisotopic (exact) mass is 590 g/mol. The molecule has 2 heterocycles. The molecule has 43 heavy (non-hydrogen) atoms. The molecule has 0 atom stereocenters. The van der Waals surface area contributed by atoms with Crippen molar-refractivity contribution in [3.05, 3.63) is 95.6 Å². The molecule has 2 aromatic heterocycles. The van der Waals surface area contributed by atoms with Crippen LogP contribution in [0.3, 0.4) is 0 Å². The van der Waals surface area contributed by atoms with Crippen LogP contribution in [0.5, 0.6) is 0 Å². The van der Waals surface area contributed by atoms with Crippen molar-refractivity contribution in [2.75, 3.05) is 10.9 Å². The van der Waals surface area contributed by atoms with Crippen LogP contribution in [0.1, 0.15) is 22.8 Å².